The van der Waals surface area contributed by atoms with Crippen molar-refractivity contribution in [3.8, 4) is 11.5 Å². The molecule has 15 N–H and O–H groups in total. The van der Waals surface area contributed by atoms with Crippen molar-refractivity contribution in [3.05, 3.63) is 123 Å². The number of H-pyrrole nitrogens is 2. The molecule has 86 heavy (non-hydrogen) atoms. The second-order valence-corrected chi connectivity index (χ2v) is 23.9. The summed E-state index contributed by atoms with van der Waals surface area (Å²) in [5, 5.41) is 86.1. The van der Waals surface area contributed by atoms with Gasteiger partial charge in [-0.2, -0.15) is 45.2 Å². The number of rotatable bonds is 24. The van der Waals surface area contributed by atoms with Crippen LogP contribution in [0.5, 0.6) is 11.5 Å². The third-order valence-corrected chi connectivity index (χ3v) is 16.3. The molecular weight excluding hydrogens is 1240 g/mol. The summed E-state index contributed by atoms with van der Waals surface area (Å²) in [6.07, 6.45) is 0. The summed E-state index contributed by atoms with van der Waals surface area (Å²) in [6, 6.07) is 13.4. The molecule has 2 aromatic heterocycles. The zero-order chi connectivity index (χ0) is 62.6. The summed E-state index contributed by atoms with van der Waals surface area (Å²) >= 11 is 0. The highest BCUT2D eigenvalue weighted by Crippen LogP contribution is 2.46. The van der Waals surface area contributed by atoms with Crippen LogP contribution >= 0.6 is 21.6 Å². The molecule has 2 heterocycles. The second kappa shape index (κ2) is 24.9. The van der Waals surface area contributed by atoms with Gasteiger partial charge in [0.05, 0.1) is 32.3 Å². The van der Waals surface area contributed by atoms with Gasteiger partial charge in [-0.3, -0.25) is 23.6 Å². The molecule has 0 saturated heterocycles. The molecule has 0 aliphatic rings. The van der Waals surface area contributed by atoms with E-state index in [1.165, 1.54) is 48.5 Å². The number of nitrogens with zero attached hydrogens (tertiary/aromatic N) is 8. The number of fused-ring (bicyclic) bond motifs is 2. The molecule has 35 nitrogen and oxygen atoms in total. The van der Waals surface area contributed by atoms with E-state index in [1.807, 2.05) is 0 Å². The highest BCUT2D eigenvalue weighted by molar-refractivity contribution is 8.76. The van der Waals surface area contributed by atoms with E-state index in [4.69, 9.17) is 0 Å². The highest BCUT2D eigenvalue weighted by atomic mass is 33.1. The van der Waals surface area contributed by atoms with E-state index >= 15 is 0 Å². The largest absolute Gasteiger partial charge is 0.505 e. The average Bonchev–Trinajstić information content (AvgIpc) is 0.805. The first-order valence-corrected chi connectivity index (χ1v) is 30.0. The molecule has 0 saturated carbocycles. The molecule has 2 unspecified atom stereocenters. The maximum Gasteiger partial charge on any atom is 0.351 e. The number of carboxylic acids is 4. The lowest BCUT2D eigenvalue weighted by atomic mass is 10.1. The number of aliphatic carboxylic acids is 2. The van der Waals surface area contributed by atoms with Crippen LogP contribution in [0.4, 0.5) is 57.9 Å². The van der Waals surface area contributed by atoms with E-state index in [2.05, 4.69) is 71.6 Å². The molecule has 0 amide bonds. The number of azo groups is 2. The van der Waals surface area contributed by atoms with Crippen LogP contribution < -0.4 is 32.6 Å². The summed E-state index contributed by atoms with van der Waals surface area (Å²) in [4.78, 5) is 90.8. The topological polar surface area (TPSA) is 568 Å². The number of anilines is 6. The van der Waals surface area contributed by atoms with Gasteiger partial charge in [-0.1, -0.05) is 51.9 Å². The van der Waals surface area contributed by atoms with E-state index < -0.39 is 167 Å². The van der Waals surface area contributed by atoms with Crippen LogP contribution in [0.2, 0.25) is 0 Å². The number of hydrogen-bond acceptors (Lipinski definition) is 28. The molecule has 2 atom stereocenters. The molecule has 0 spiro atoms. The number of aromatic hydroxyl groups is 2. The number of aromatic nitrogens is 6. The Hall–Kier alpha value is -10.2. The van der Waals surface area contributed by atoms with Crippen molar-refractivity contribution in [1.29, 1.82) is 0 Å². The van der Waals surface area contributed by atoms with Gasteiger partial charge in [-0.25, -0.2) is 28.8 Å². The van der Waals surface area contributed by atoms with Crippen molar-refractivity contribution >= 4 is 155 Å². The second-order valence-electron chi connectivity index (χ2n) is 17.2. The van der Waals surface area contributed by atoms with E-state index in [-0.39, 0.29) is 39.1 Å². The minimum Gasteiger partial charge on any atom is -0.505 e. The highest BCUT2D eigenvalue weighted by Gasteiger charge is 2.28. The van der Waals surface area contributed by atoms with Gasteiger partial charge < -0.3 is 51.9 Å². The normalized spacial score (nSPS) is 12.7. The van der Waals surface area contributed by atoms with E-state index in [1.54, 1.807) is 0 Å². The SMILES string of the molecule is O=C(O)c1ccccc1N=Nc1ccc2cc(S(=O)(=O)O)cc(Nc3nc(NC(CSSCC(Nc4nc(Nc5cc(S(=O)(=O)O)cc6cc(S(=O)(=O)O)c(N=Nc7ccccc7C(=O)O)c(O)c56)[nH]c(=O)n4)C(=O)O)C(=O)O)nc(=O)[nH]3)c2c1O. The zero-order valence-electron chi connectivity index (χ0n) is 42.3. The number of phenolic OH excluding ortho intramolecular Hbond substituents is 2. The first-order valence-electron chi connectivity index (χ1n) is 23.2. The summed E-state index contributed by atoms with van der Waals surface area (Å²) in [6.45, 7) is 0. The van der Waals surface area contributed by atoms with Crippen molar-refractivity contribution in [1.82, 2.24) is 29.9 Å². The summed E-state index contributed by atoms with van der Waals surface area (Å²) in [7, 11) is -14.0. The number of nitrogens with one attached hydrogen (secondary N) is 6. The Bertz CT molecular complexity index is 4670. The fourth-order valence-electron chi connectivity index (χ4n) is 7.60. The maximum absolute atomic E-state index is 12.9. The molecule has 0 aliphatic heterocycles. The third-order valence-electron chi connectivity index (χ3n) is 11.4. The van der Waals surface area contributed by atoms with E-state index in [9.17, 15) is 98.3 Å². The Labute approximate surface area is 486 Å². The van der Waals surface area contributed by atoms with E-state index in [0.29, 0.717) is 18.2 Å². The van der Waals surface area contributed by atoms with Crippen LogP contribution in [-0.4, -0.2) is 147 Å². The van der Waals surface area contributed by atoms with Crippen molar-refractivity contribution in [2.24, 2.45) is 20.5 Å². The molecule has 40 heteroatoms. The number of phenols is 2. The lowest BCUT2D eigenvalue weighted by Crippen LogP contribution is -2.34. The van der Waals surface area contributed by atoms with Gasteiger partial charge in [0.1, 0.15) is 39.7 Å². The molecular formula is C46H36N14O21S5. The fraction of sp³-hybridized carbons (Fsp3) is 0.0870. The fourth-order valence-corrected chi connectivity index (χ4v) is 11.7. The number of benzene rings is 6. The van der Waals surface area contributed by atoms with Gasteiger partial charge in [0.2, 0.25) is 23.8 Å². The molecule has 0 aliphatic carbocycles. The number of aromatic carboxylic acids is 2. The molecule has 0 radical (unpaired) electrons. The summed E-state index contributed by atoms with van der Waals surface area (Å²) < 4.78 is 105. The summed E-state index contributed by atoms with van der Waals surface area (Å²) in [5.41, 5.74) is -5.69. The van der Waals surface area contributed by atoms with Crippen LogP contribution in [0.25, 0.3) is 21.5 Å². The van der Waals surface area contributed by atoms with Crippen LogP contribution in [0, 0.1) is 0 Å². The predicted molar refractivity (Wildman–Crippen MR) is 303 cm³/mol. The van der Waals surface area contributed by atoms with Crippen molar-refractivity contribution in [3.63, 3.8) is 0 Å². The Balaban J connectivity index is 1.000. The minimum atomic E-state index is -5.37. The summed E-state index contributed by atoms with van der Waals surface area (Å²) in [5.74, 6) is -11.2. The Morgan fingerprint density at radius 1 is 0.523 bits per heavy atom. The van der Waals surface area contributed by atoms with Gasteiger partial charge >= 0.3 is 35.3 Å². The third kappa shape index (κ3) is 14.6. The molecule has 6 aromatic carbocycles. The van der Waals surface area contributed by atoms with Crippen molar-refractivity contribution in [2.45, 2.75) is 26.8 Å². The molecule has 0 fully saturated rings. The van der Waals surface area contributed by atoms with Gasteiger partial charge in [0.25, 0.3) is 30.4 Å². The predicted octanol–water partition coefficient (Wildman–Crippen LogP) is 5.63. The van der Waals surface area contributed by atoms with Crippen LogP contribution in [-0.2, 0) is 39.9 Å². The van der Waals surface area contributed by atoms with Gasteiger partial charge in [0.15, 0.2) is 11.5 Å². The Morgan fingerprint density at radius 2 is 0.953 bits per heavy atom. The van der Waals surface area contributed by atoms with Crippen LogP contribution in [0.3, 0.4) is 0 Å². The quantitative estimate of drug-likeness (QED) is 0.0151. The first-order chi connectivity index (χ1) is 40.4. The monoisotopic (exact) mass is 1280 g/mol. The van der Waals surface area contributed by atoms with Gasteiger partial charge in [-0.05, 0) is 71.4 Å². The number of hydrogen-bond donors (Lipinski definition) is 15. The zero-order valence-corrected chi connectivity index (χ0v) is 46.4. The first kappa shape index (κ1) is 61.8. The van der Waals surface area contributed by atoms with E-state index in [0.717, 1.165) is 45.9 Å². The van der Waals surface area contributed by atoms with Crippen molar-refractivity contribution < 1.29 is 88.7 Å². The lowest BCUT2D eigenvalue weighted by molar-refractivity contribution is -0.138. The molecule has 0 bridgehead atoms. The smallest absolute Gasteiger partial charge is 0.351 e. The lowest BCUT2D eigenvalue weighted by Gasteiger charge is -2.17. The molecule has 8 rings (SSSR count). The van der Waals surface area contributed by atoms with Crippen molar-refractivity contribution in [2.75, 3.05) is 32.8 Å². The average molecular weight is 1280 g/mol. The maximum atomic E-state index is 12.9. The Morgan fingerprint density at radius 3 is 1.40 bits per heavy atom. The molecule has 8 aromatic rings. The van der Waals surface area contributed by atoms with Crippen LogP contribution in [0.1, 0.15) is 20.7 Å². The van der Waals surface area contributed by atoms with Gasteiger partial charge in [-0.15, -0.1) is 20.5 Å². The minimum absolute atomic E-state index is 0.0326. The number of carboxylic acid groups (broad SMARTS) is 4. The van der Waals surface area contributed by atoms with Crippen LogP contribution in [0.15, 0.2) is 136 Å². The van der Waals surface area contributed by atoms with Gasteiger partial charge in [0, 0.05) is 22.3 Å². The number of carbonyl (C=O) groups is 4. The molecule has 446 valence electrons. The Kier molecular flexibility index (Phi) is 17.9. The number of aromatic amines is 2. The standard InChI is InChI=1S/C46H36N14O21S5/c61-35-26(59-57-24-7-3-1-5-22(24)37(63)64)10-9-18-11-20(84(73,74)75)14-27(32(18)35)47-41-51-43(55-45(71)53-41)49-29(39(67)68)16-82-83-17-30(40(69)70)50-44-52-42(54-46(72)56-44)48-28-15-21(85(76,77)78)12-19-13-31(86(79,80)81)34(36(62)33(19)28)60-58-25-8-4-2-6-23(25)38(65)66/h1-15,29-30,61-62H,16-17H2,(H,63,64)(H,65,66)(H,67,68)(H,69,70)(H,73,74,75)(H,76,77,78)(H,79,80,81)(H3,47,49,51,53,55,71)(H3,48,50,52,54,56,72).